The van der Waals surface area contributed by atoms with Crippen molar-refractivity contribution >= 4 is 34.5 Å². The predicted octanol–water partition coefficient (Wildman–Crippen LogP) is 7.70. The molecule has 1 saturated carbocycles. The summed E-state index contributed by atoms with van der Waals surface area (Å²) >= 11 is 14.4. The first-order valence-electron chi connectivity index (χ1n) is 14.1. The molecule has 3 aliphatic rings. The minimum absolute atomic E-state index is 0.0781. The van der Waals surface area contributed by atoms with Gasteiger partial charge in [0.2, 0.25) is 0 Å². The van der Waals surface area contributed by atoms with Crippen molar-refractivity contribution < 1.29 is 5.11 Å². The second-order valence-electron chi connectivity index (χ2n) is 11.7. The summed E-state index contributed by atoms with van der Waals surface area (Å²) in [6.07, 6.45) is 11.3. The molecule has 1 N–H and O–H groups in total. The molecule has 0 amide bonds. The minimum atomic E-state index is -0.0781. The van der Waals surface area contributed by atoms with Gasteiger partial charge in [-0.1, -0.05) is 55.0 Å². The number of benzene rings is 1. The van der Waals surface area contributed by atoms with E-state index in [4.69, 9.17) is 23.2 Å². The van der Waals surface area contributed by atoms with Crippen molar-refractivity contribution in [3.63, 3.8) is 0 Å². The second kappa shape index (κ2) is 13.0. The molecule has 3 heterocycles. The van der Waals surface area contributed by atoms with Crippen LogP contribution < -0.4 is 0 Å². The number of piperidine rings is 1. The van der Waals surface area contributed by atoms with E-state index in [1.54, 1.807) is 0 Å². The Kier molecular flexibility index (Phi) is 9.70. The van der Waals surface area contributed by atoms with E-state index in [9.17, 15) is 5.11 Å². The standard InChI is InChI=1S/C30H42Cl2N2OS/c31-27-8-7-24(29(32)16-27)17-34-19-26(28(20-34)25-11-14-36-21-25)18-33-12-9-22(10-13-33)15-30(35)23-5-3-1-2-4-6-23/h7-8,11,14,16,21-23,26,28,30,35H,1-6,9-10,12-13,15,17-20H2/t26?,28?,30-/m0/s1. The highest BCUT2D eigenvalue weighted by atomic mass is 35.5. The van der Waals surface area contributed by atoms with Crippen molar-refractivity contribution in [3.8, 4) is 0 Å². The zero-order valence-electron chi connectivity index (χ0n) is 21.5. The van der Waals surface area contributed by atoms with Gasteiger partial charge in [-0.3, -0.25) is 4.90 Å². The molecule has 198 valence electrons. The van der Waals surface area contributed by atoms with Crippen molar-refractivity contribution in [2.75, 3.05) is 32.7 Å². The number of aliphatic hydroxyl groups excluding tert-OH is 1. The number of aliphatic hydroxyl groups is 1. The van der Waals surface area contributed by atoms with Gasteiger partial charge in [-0.15, -0.1) is 0 Å². The topological polar surface area (TPSA) is 26.7 Å². The fourth-order valence-corrected chi connectivity index (χ4v) is 8.19. The van der Waals surface area contributed by atoms with Gasteiger partial charge in [-0.25, -0.2) is 0 Å². The van der Waals surface area contributed by atoms with Gasteiger partial charge in [0.05, 0.1) is 6.10 Å². The van der Waals surface area contributed by atoms with Gasteiger partial charge in [0, 0.05) is 42.1 Å². The number of likely N-dealkylation sites (tertiary alicyclic amines) is 2. The van der Waals surface area contributed by atoms with Crippen LogP contribution in [-0.2, 0) is 6.54 Å². The Morgan fingerprint density at radius 1 is 0.944 bits per heavy atom. The van der Waals surface area contributed by atoms with E-state index in [1.165, 1.54) is 82.1 Å². The third kappa shape index (κ3) is 7.07. The normalized spacial score (nSPS) is 26.3. The lowest BCUT2D eigenvalue weighted by Crippen LogP contribution is -2.39. The molecule has 2 aromatic rings. The van der Waals surface area contributed by atoms with Crippen LogP contribution in [0.3, 0.4) is 0 Å². The van der Waals surface area contributed by atoms with Crippen LogP contribution in [0.25, 0.3) is 0 Å². The second-order valence-corrected chi connectivity index (χ2v) is 13.3. The quantitative estimate of drug-likeness (QED) is 0.342. The molecule has 2 saturated heterocycles. The molecule has 0 spiro atoms. The van der Waals surface area contributed by atoms with E-state index in [0.717, 1.165) is 31.1 Å². The van der Waals surface area contributed by atoms with E-state index < -0.39 is 0 Å². The summed E-state index contributed by atoms with van der Waals surface area (Å²) in [5, 5.41) is 17.0. The van der Waals surface area contributed by atoms with Crippen molar-refractivity contribution in [2.24, 2.45) is 17.8 Å². The van der Waals surface area contributed by atoms with Crippen molar-refractivity contribution in [3.05, 3.63) is 56.2 Å². The molecule has 3 fully saturated rings. The van der Waals surface area contributed by atoms with Crippen LogP contribution in [0.5, 0.6) is 0 Å². The number of thiophene rings is 1. The molecule has 0 radical (unpaired) electrons. The van der Waals surface area contributed by atoms with E-state index in [1.807, 2.05) is 23.5 Å². The summed E-state index contributed by atoms with van der Waals surface area (Å²) in [6, 6.07) is 8.21. The third-order valence-corrected chi connectivity index (χ3v) is 10.4. The smallest absolute Gasteiger partial charge is 0.0571 e. The van der Waals surface area contributed by atoms with Crippen molar-refractivity contribution in [1.82, 2.24) is 9.80 Å². The molecule has 6 heteroatoms. The van der Waals surface area contributed by atoms with Gasteiger partial charge >= 0.3 is 0 Å². The predicted molar refractivity (Wildman–Crippen MR) is 153 cm³/mol. The van der Waals surface area contributed by atoms with Gasteiger partial charge in [-0.2, -0.15) is 11.3 Å². The Morgan fingerprint density at radius 2 is 1.72 bits per heavy atom. The number of rotatable bonds is 8. The van der Waals surface area contributed by atoms with Gasteiger partial charge in [-0.05, 0) is 103 Å². The molecular weight excluding hydrogens is 507 g/mol. The average molecular weight is 550 g/mol. The van der Waals surface area contributed by atoms with Crippen LogP contribution in [0.15, 0.2) is 35.0 Å². The zero-order valence-corrected chi connectivity index (χ0v) is 23.8. The lowest BCUT2D eigenvalue weighted by Gasteiger charge is -2.36. The van der Waals surface area contributed by atoms with E-state index in [2.05, 4.69) is 32.7 Å². The van der Waals surface area contributed by atoms with Crippen LogP contribution in [0.1, 0.15) is 74.8 Å². The largest absolute Gasteiger partial charge is 0.393 e. The Morgan fingerprint density at radius 3 is 2.42 bits per heavy atom. The van der Waals surface area contributed by atoms with E-state index in [-0.39, 0.29) is 6.10 Å². The maximum atomic E-state index is 10.9. The number of halogens is 2. The highest BCUT2D eigenvalue weighted by Gasteiger charge is 2.36. The number of hydrogen-bond donors (Lipinski definition) is 1. The van der Waals surface area contributed by atoms with Crippen LogP contribution in [0.4, 0.5) is 0 Å². The van der Waals surface area contributed by atoms with Crippen molar-refractivity contribution in [2.45, 2.75) is 76.4 Å². The third-order valence-electron chi connectivity index (χ3n) is 9.12. The Bertz CT molecular complexity index is 938. The highest BCUT2D eigenvalue weighted by molar-refractivity contribution is 7.08. The highest BCUT2D eigenvalue weighted by Crippen LogP contribution is 2.37. The molecule has 3 nitrogen and oxygen atoms in total. The maximum absolute atomic E-state index is 10.9. The average Bonchev–Trinajstić information content (AvgIpc) is 3.44. The van der Waals surface area contributed by atoms with Gasteiger partial charge < -0.3 is 10.0 Å². The molecular formula is C30H42Cl2N2OS. The lowest BCUT2D eigenvalue weighted by molar-refractivity contribution is 0.0554. The fraction of sp³-hybridized carbons (Fsp3) is 0.667. The summed E-state index contributed by atoms with van der Waals surface area (Å²) in [6.45, 7) is 6.61. The molecule has 5 rings (SSSR count). The molecule has 2 aliphatic heterocycles. The lowest BCUT2D eigenvalue weighted by atomic mass is 9.83. The van der Waals surface area contributed by atoms with Crippen LogP contribution in [0.2, 0.25) is 10.0 Å². The first kappa shape index (κ1) is 27.0. The summed E-state index contributed by atoms with van der Waals surface area (Å²) in [5.74, 6) is 2.46. The number of hydrogen-bond acceptors (Lipinski definition) is 4. The molecule has 2 unspecified atom stereocenters. The Hall–Kier alpha value is -0.620. The van der Waals surface area contributed by atoms with Crippen LogP contribution in [-0.4, -0.2) is 53.7 Å². The van der Waals surface area contributed by atoms with Crippen LogP contribution in [0, 0.1) is 17.8 Å². The minimum Gasteiger partial charge on any atom is -0.393 e. The molecule has 0 bridgehead atoms. The molecule has 36 heavy (non-hydrogen) atoms. The van der Waals surface area contributed by atoms with Gasteiger partial charge in [0.1, 0.15) is 0 Å². The van der Waals surface area contributed by atoms with Crippen molar-refractivity contribution in [1.29, 1.82) is 0 Å². The van der Waals surface area contributed by atoms with Gasteiger partial charge in [0.15, 0.2) is 0 Å². The molecule has 1 aromatic heterocycles. The Labute approximate surface area is 231 Å². The maximum Gasteiger partial charge on any atom is 0.0571 e. The summed E-state index contributed by atoms with van der Waals surface area (Å²) in [7, 11) is 0. The SMILES string of the molecule is O[C@@H](CC1CCN(CC2CN(Cc3ccc(Cl)cc3Cl)CC2c2ccsc2)CC1)C1CCCCCC1. The Balaban J connectivity index is 1.14. The molecule has 3 atom stereocenters. The van der Waals surface area contributed by atoms with E-state index in [0.29, 0.717) is 28.7 Å². The van der Waals surface area contributed by atoms with E-state index >= 15 is 0 Å². The first-order valence-corrected chi connectivity index (χ1v) is 15.8. The molecule has 1 aromatic carbocycles. The fourth-order valence-electron chi connectivity index (χ4n) is 7.00. The summed E-state index contributed by atoms with van der Waals surface area (Å²) in [5.41, 5.74) is 2.66. The zero-order chi connectivity index (χ0) is 24.9. The number of nitrogens with zero attached hydrogens (tertiary/aromatic N) is 2. The van der Waals surface area contributed by atoms with Gasteiger partial charge in [0.25, 0.3) is 0 Å². The first-order chi connectivity index (χ1) is 17.5. The summed E-state index contributed by atoms with van der Waals surface area (Å²) in [4.78, 5) is 5.29. The monoisotopic (exact) mass is 548 g/mol. The van der Waals surface area contributed by atoms with Crippen LogP contribution >= 0.6 is 34.5 Å². The summed E-state index contributed by atoms with van der Waals surface area (Å²) < 4.78 is 0. The molecule has 1 aliphatic carbocycles.